The zero-order valence-electron chi connectivity index (χ0n) is 9.65. The number of anilines is 1. The molecule has 1 fully saturated rings. The number of nitrogens with zero attached hydrogens (tertiary/aromatic N) is 2. The minimum atomic E-state index is -0.366. The highest BCUT2D eigenvalue weighted by Gasteiger charge is 2.16. The number of H-pyrrole nitrogens is 1. The molecule has 5 nitrogen and oxygen atoms in total. The Morgan fingerprint density at radius 2 is 2.11 bits per heavy atom. The Morgan fingerprint density at radius 1 is 1.33 bits per heavy atom. The molecule has 1 aliphatic heterocycles. The molecular formula is C12H12FN3O2. The quantitative estimate of drug-likeness (QED) is 0.815. The van der Waals surface area contributed by atoms with Crippen molar-refractivity contribution in [2.75, 3.05) is 31.2 Å². The van der Waals surface area contributed by atoms with Crippen molar-refractivity contribution in [3.8, 4) is 0 Å². The summed E-state index contributed by atoms with van der Waals surface area (Å²) in [7, 11) is 0. The highest BCUT2D eigenvalue weighted by molar-refractivity contribution is 5.75. The van der Waals surface area contributed by atoms with Crippen molar-refractivity contribution in [2.24, 2.45) is 0 Å². The Hall–Kier alpha value is -1.95. The smallest absolute Gasteiger partial charge is 0.291 e. The van der Waals surface area contributed by atoms with Gasteiger partial charge in [-0.3, -0.25) is 4.79 Å². The molecule has 0 spiro atoms. The van der Waals surface area contributed by atoms with E-state index in [1.807, 2.05) is 4.90 Å². The third-order valence-electron chi connectivity index (χ3n) is 2.95. The normalized spacial score (nSPS) is 16.2. The molecule has 1 N–H and O–H groups in total. The van der Waals surface area contributed by atoms with Gasteiger partial charge in [0.15, 0.2) is 5.82 Å². The van der Waals surface area contributed by atoms with E-state index >= 15 is 0 Å². The Labute approximate surface area is 102 Å². The van der Waals surface area contributed by atoms with Crippen LogP contribution < -0.4 is 10.5 Å². The van der Waals surface area contributed by atoms with Crippen LogP contribution in [0.5, 0.6) is 0 Å². The number of aromatic amines is 1. The van der Waals surface area contributed by atoms with Crippen LogP contribution in [0.15, 0.2) is 23.0 Å². The van der Waals surface area contributed by atoms with E-state index in [0.717, 1.165) is 0 Å². The molecule has 2 aromatic rings. The van der Waals surface area contributed by atoms with E-state index in [9.17, 15) is 9.18 Å². The summed E-state index contributed by atoms with van der Waals surface area (Å²) in [4.78, 5) is 20.7. The van der Waals surface area contributed by atoms with Crippen LogP contribution in [0.25, 0.3) is 11.0 Å². The molecule has 0 saturated carbocycles. The van der Waals surface area contributed by atoms with Crippen LogP contribution >= 0.6 is 0 Å². The molecule has 1 aliphatic rings. The van der Waals surface area contributed by atoms with Crippen molar-refractivity contribution < 1.29 is 9.13 Å². The molecule has 0 radical (unpaired) electrons. The van der Waals surface area contributed by atoms with E-state index in [4.69, 9.17) is 4.74 Å². The van der Waals surface area contributed by atoms with Crippen molar-refractivity contribution >= 4 is 16.9 Å². The maximum absolute atomic E-state index is 13.1. The standard InChI is InChI=1S/C12H12FN3O2/c13-8-1-2-9-10(7-8)14-11(12(17)15-9)16-3-5-18-6-4-16/h1-2,7H,3-6H2,(H,15,17). The Morgan fingerprint density at radius 3 is 2.89 bits per heavy atom. The van der Waals surface area contributed by atoms with Gasteiger partial charge in [-0.15, -0.1) is 0 Å². The molecule has 1 aromatic heterocycles. The Kier molecular flexibility index (Phi) is 2.71. The van der Waals surface area contributed by atoms with E-state index in [1.165, 1.54) is 18.2 Å². The van der Waals surface area contributed by atoms with Crippen LogP contribution in [-0.2, 0) is 4.74 Å². The van der Waals surface area contributed by atoms with Crippen molar-refractivity contribution in [2.45, 2.75) is 0 Å². The molecule has 2 heterocycles. The summed E-state index contributed by atoms with van der Waals surface area (Å²) in [5.74, 6) is -0.0358. The summed E-state index contributed by atoms with van der Waals surface area (Å²) < 4.78 is 18.4. The van der Waals surface area contributed by atoms with Gasteiger partial charge in [0.1, 0.15) is 5.82 Å². The predicted octanol–water partition coefficient (Wildman–Crippen LogP) is 0.899. The maximum Gasteiger partial charge on any atom is 0.291 e. The van der Waals surface area contributed by atoms with Gasteiger partial charge < -0.3 is 14.6 Å². The SMILES string of the molecule is O=c1[nH]c2ccc(F)cc2nc1N1CCOCC1. The first-order chi connectivity index (χ1) is 8.74. The number of morpholine rings is 1. The van der Waals surface area contributed by atoms with Gasteiger partial charge in [-0.1, -0.05) is 0 Å². The van der Waals surface area contributed by atoms with Crippen LogP contribution in [0.1, 0.15) is 0 Å². The lowest BCUT2D eigenvalue weighted by molar-refractivity contribution is 0.122. The highest BCUT2D eigenvalue weighted by atomic mass is 19.1. The molecule has 6 heteroatoms. The number of hydrogen-bond acceptors (Lipinski definition) is 4. The first-order valence-corrected chi connectivity index (χ1v) is 5.76. The van der Waals surface area contributed by atoms with Crippen LogP contribution in [0.3, 0.4) is 0 Å². The molecule has 18 heavy (non-hydrogen) atoms. The fraction of sp³-hybridized carbons (Fsp3) is 0.333. The third-order valence-corrected chi connectivity index (χ3v) is 2.95. The van der Waals surface area contributed by atoms with E-state index in [0.29, 0.717) is 43.2 Å². The van der Waals surface area contributed by atoms with Crippen molar-refractivity contribution in [1.82, 2.24) is 9.97 Å². The van der Waals surface area contributed by atoms with Crippen molar-refractivity contribution in [1.29, 1.82) is 0 Å². The van der Waals surface area contributed by atoms with Gasteiger partial charge in [0.2, 0.25) is 0 Å². The van der Waals surface area contributed by atoms with Crippen LogP contribution in [0.4, 0.5) is 10.2 Å². The average Bonchev–Trinajstić information content (AvgIpc) is 2.39. The zero-order chi connectivity index (χ0) is 12.5. The van der Waals surface area contributed by atoms with Gasteiger partial charge >= 0.3 is 0 Å². The topological polar surface area (TPSA) is 58.2 Å². The number of halogens is 1. The highest BCUT2D eigenvalue weighted by Crippen LogP contribution is 2.14. The zero-order valence-corrected chi connectivity index (χ0v) is 9.65. The minimum Gasteiger partial charge on any atom is -0.378 e. The number of nitrogens with one attached hydrogen (secondary N) is 1. The molecule has 3 rings (SSSR count). The monoisotopic (exact) mass is 249 g/mol. The number of rotatable bonds is 1. The fourth-order valence-corrected chi connectivity index (χ4v) is 2.04. The van der Waals surface area contributed by atoms with E-state index in [1.54, 1.807) is 0 Å². The van der Waals surface area contributed by atoms with Crippen LogP contribution in [-0.4, -0.2) is 36.3 Å². The van der Waals surface area contributed by atoms with E-state index in [2.05, 4.69) is 9.97 Å². The summed E-state index contributed by atoms with van der Waals surface area (Å²) in [5.41, 5.74) is 0.741. The Bertz CT molecular complexity index is 635. The Balaban J connectivity index is 2.10. The van der Waals surface area contributed by atoms with Gasteiger partial charge in [-0.05, 0) is 12.1 Å². The molecule has 0 unspecified atom stereocenters. The summed E-state index contributed by atoms with van der Waals surface area (Å²) in [6, 6.07) is 4.13. The molecule has 0 aliphatic carbocycles. The first-order valence-electron chi connectivity index (χ1n) is 5.76. The number of ether oxygens (including phenoxy) is 1. The van der Waals surface area contributed by atoms with Gasteiger partial charge in [-0.25, -0.2) is 9.37 Å². The number of benzene rings is 1. The van der Waals surface area contributed by atoms with Crippen molar-refractivity contribution in [3.05, 3.63) is 34.4 Å². The number of fused-ring (bicyclic) bond motifs is 1. The molecule has 1 aromatic carbocycles. The summed E-state index contributed by atoms with van der Waals surface area (Å²) in [5, 5.41) is 0. The molecule has 0 atom stereocenters. The second-order valence-electron chi connectivity index (χ2n) is 4.15. The lowest BCUT2D eigenvalue weighted by atomic mass is 10.3. The van der Waals surface area contributed by atoms with E-state index in [-0.39, 0.29) is 11.4 Å². The second kappa shape index (κ2) is 4.38. The van der Waals surface area contributed by atoms with Crippen LogP contribution in [0, 0.1) is 5.82 Å². The maximum atomic E-state index is 13.1. The minimum absolute atomic E-state index is 0.254. The number of hydrogen-bond donors (Lipinski definition) is 1. The third kappa shape index (κ3) is 1.95. The molecule has 94 valence electrons. The molecule has 0 amide bonds. The molecule has 1 saturated heterocycles. The number of aromatic nitrogens is 2. The first kappa shape index (κ1) is 11.2. The second-order valence-corrected chi connectivity index (χ2v) is 4.15. The van der Waals surface area contributed by atoms with Crippen LogP contribution in [0.2, 0.25) is 0 Å². The average molecular weight is 249 g/mol. The summed E-state index contributed by atoms with van der Waals surface area (Å²) in [6.45, 7) is 2.39. The molecular weight excluding hydrogens is 237 g/mol. The molecule has 0 bridgehead atoms. The van der Waals surface area contributed by atoms with E-state index < -0.39 is 0 Å². The summed E-state index contributed by atoms with van der Waals surface area (Å²) >= 11 is 0. The van der Waals surface area contributed by atoms with Gasteiger partial charge in [-0.2, -0.15) is 0 Å². The lowest BCUT2D eigenvalue weighted by Gasteiger charge is -2.27. The van der Waals surface area contributed by atoms with Crippen molar-refractivity contribution in [3.63, 3.8) is 0 Å². The largest absolute Gasteiger partial charge is 0.378 e. The summed E-state index contributed by atoms with van der Waals surface area (Å²) in [6.07, 6.45) is 0. The fourth-order valence-electron chi connectivity index (χ4n) is 2.04. The van der Waals surface area contributed by atoms with Gasteiger partial charge in [0.05, 0.1) is 24.2 Å². The van der Waals surface area contributed by atoms with Gasteiger partial charge in [0.25, 0.3) is 5.56 Å². The predicted molar refractivity (Wildman–Crippen MR) is 65.4 cm³/mol. The lowest BCUT2D eigenvalue weighted by Crippen LogP contribution is -2.40. The van der Waals surface area contributed by atoms with Gasteiger partial charge in [0, 0.05) is 19.2 Å².